The van der Waals surface area contributed by atoms with Gasteiger partial charge in [-0.3, -0.25) is 9.80 Å². The zero-order chi connectivity index (χ0) is 17.8. The maximum Gasteiger partial charge on any atom is 0.187 e. The maximum absolute atomic E-state index is 4.45. The van der Waals surface area contributed by atoms with Crippen LogP contribution in [0.25, 0.3) is 0 Å². The predicted molar refractivity (Wildman–Crippen MR) is 115 cm³/mol. The summed E-state index contributed by atoms with van der Waals surface area (Å²) in [5, 5.41) is 0.886. The molecule has 6 heteroatoms. The van der Waals surface area contributed by atoms with Gasteiger partial charge in [-0.25, -0.2) is 9.97 Å². The standard InChI is InChI=1S/C21H28N4S.ClH/c1-2-26-20-22-14-18(15-23-20)16-24-10-12-25(13-11-24)17-21(8-9-21)19-6-4-3-5-7-19;/h3-7,14-15H,2,8-13,16-17H2,1H3;1H. The lowest BCUT2D eigenvalue weighted by Gasteiger charge is -2.36. The fourth-order valence-corrected chi connectivity index (χ4v) is 4.41. The Hall–Kier alpha value is -1.14. The quantitative estimate of drug-likeness (QED) is 0.516. The second kappa shape index (κ2) is 9.37. The number of benzene rings is 1. The Balaban J connectivity index is 0.00000210. The van der Waals surface area contributed by atoms with Crippen LogP contribution < -0.4 is 0 Å². The minimum Gasteiger partial charge on any atom is -0.300 e. The van der Waals surface area contributed by atoms with Crippen LogP contribution in [-0.2, 0) is 12.0 Å². The van der Waals surface area contributed by atoms with E-state index < -0.39 is 0 Å². The molecule has 0 atom stereocenters. The molecule has 0 unspecified atom stereocenters. The Morgan fingerprint density at radius 3 is 2.19 bits per heavy atom. The molecular formula is C21H29ClN4S. The molecular weight excluding hydrogens is 376 g/mol. The summed E-state index contributed by atoms with van der Waals surface area (Å²) in [4.78, 5) is 14.1. The number of piperazine rings is 1. The third-order valence-corrected chi connectivity index (χ3v) is 6.35. The molecule has 1 saturated carbocycles. The van der Waals surface area contributed by atoms with Gasteiger partial charge in [-0.05, 0) is 24.2 Å². The number of nitrogens with zero attached hydrogens (tertiary/aromatic N) is 4. The number of thioether (sulfide) groups is 1. The summed E-state index contributed by atoms with van der Waals surface area (Å²) in [5.41, 5.74) is 3.19. The van der Waals surface area contributed by atoms with Crippen molar-refractivity contribution in [3.05, 3.63) is 53.9 Å². The van der Waals surface area contributed by atoms with Crippen molar-refractivity contribution in [2.45, 2.75) is 36.9 Å². The first-order valence-corrected chi connectivity index (χ1v) is 10.7. The van der Waals surface area contributed by atoms with Crippen LogP contribution in [0.4, 0.5) is 0 Å². The van der Waals surface area contributed by atoms with Crippen LogP contribution in [0.2, 0.25) is 0 Å². The summed E-state index contributed by atoms with van der Waals surface area (Å²) in [7, 11) is 0. The third kappa shape index (κ3) is 5.23. The first kappa shape index (κ1) is 20.6. The molecule has 1 aromatic carbocycles. The van der Waals surface area contributed by atoms with Gasteiger partial charge < -0.3 is 0 Å². The van der Waals surface area contributed by atoms with E-state index in [0.717, 1.165) is 30.5 Å². The minimum atomic E-state index is 0. The lowest BCUT2D eigenvalue weighted by molar-refractivity contribution is 0.118. The van der Waals surface area contributed by atoms with Crippen molar-refractivity contribution in [2.75, 3.05) is 38.5 Å². The van der Waals surface area contributed by atoms with E-state index in [2.05, 4.69) is 57.0 Å². The van der Waals surface area contributed by atoms with Gasteiger partial charge in [-0.2, -0.15) is 0 Å². The van der Waals surface area contributed by atoms with Gasteiger partial charge in [0.05, 0.1) is 0 Å². The molecule has 4 rings (SSSR count). The Bertz CT molecular complexity index is 698. The van der Waals surface area contributed by atoms with Gasteiger partial charge in [0, 0.05) is 62.6 Å². The van der Waals surface area contributed by atoms with E-state index in [9.17, 15) is 0 Å². The number of rotatable bonds is 7. The molecule has 4 nitrogen and oxygen atoms in total. The van der Waals surface area contributed by atoms with Crippen molar-refractivity contribution in [2.24, 2.45) is 0 Å². The van der Waals surface area contributed by atoms with E-state index in [1.165, 1.54) is 43.6 Å². The highest BCUT2D eigenvalue weighted by Gasteiger charge is 2.45. The molecule has 27 heavy (non-hydrogen) atoms. The molecule has 0 radical (unpaired) electrons. The summed E-state index contributed by atoms with van der Waals surface area (Å²) >= 11 is 1.70. The zero-order valence-electron chi connectivity index (χ0n) is 16.0. The summed E-state index contributed by atoms with van der Waals surface area (Å²) in [6.45, 7) is 8.92. The molecule has 2 aliphatic rings. The van der Waals surface area contributed by atoms with E-state index in [0.29, 0.717) is 5.41 Å². The minimum absolute atomic E-state index is 0. The molecule has 2 aromatic rings. The van der Waals surface area contributed by atoms with Crippen LogP contribution in [0.1, 0.15) is 30.9 Å². The molecule has 2 fully saturated rings. The van der Waals surface area contributed by atoms with Crippen LogP contribution in [0.5, 0.6) is 0 Å². The normalized spacial score (nSPS) is 19.4. The Labute approximate surface area is 173 Å². The van der Waals surface area contributed by atoms with Gasteiger partial charge in [-0.15, -0.1) is 12.4 Å². The first-order valence-electron chi connectivity index (χ1n) is 9.71. The fourth-order valence-electron chi connectivity index (χ4n) is 3.90. The topological polar surface area (TPSA) is 32.3 Å². The lowest BCUT2D eigenvalue weighted by atomic mass is 9.95. The summed E-state index contributed by atoms with van der Waals surface area (Å²) in [6.07, 6.45) is 6.67. The smallest absolute Gasteiger partial charge is 0.187 e. The summed E-state index contributed by atoms with van der Waals surface area (Å²) in [6, 6.07) is 11.1. The van der Waals surface area contributed by atoms with Gasteiger partial charge in [0.25, 0.3) is 0 Å². The molecule has 1 saturated heterocycles. The fraction of sp³-hybridized carbons (Fsp3) is 0.524. The van der Waals surface area contributed by atoms with Gasteiger partial charge >= 0.3 is 0 Å². The van der Waals surface area contributed by atoms with Gasteiger partial charge in [0.1, 0.15) is 0 Å². The second-order valence-corrected chi connectivity index (χ2v) is 8.74. The Kier molecular flexibility index (Phi) is 7.15. The number of hydrogen-bond donors (Lipinski definition) is 0. The molecule has 2 heterocycles. The van der Waals surface area contributed by atoms with E-state index in [4.69, 9.17) is 0 Å². The van der Waals surface area contributed by atoms with Crippen molar-refractivity contribution in [1.82, 2.24) is 19.8 Å². The van der Waals surface area contributed by atoms with Gasteiger partial charge in [0.2, 0.25) is 0 Å². The van der Waals surface area contributed by atoms with E-state index in [-0.39, 0.29) is 12.4 Å². The van der Waals surface area contributed by atoms with Crippen molar-refractivity contribution < 1.29 is 0 Å². The predicted octanol–water partition coefficient (Wildman–Crippen LogP) is 3.86. The van der Waals surface area contributed by atoms with Crippen molar-refractivity contribution in [3.8, 4) is 0 Å². The Morgan fingerprint density at radius 2 is 1.59 bits per heavy atom. The Morgan fingerprint density at radius 1 is 0.963 bits per heavy atom. The molecule has 0 spiro atoms. The van der Waals surface area contributed by atoms with Crippen LogP contribution in [0.3, 0.4) is 0 Å². The van der Waals surface area contributed by atoms with E-state index in [1.807, 2.05) is 12.4 Å². The van der Waals surface area contributed by atoms with Crippen LogP contribution in [-0.4, -0.2) is 58.2 Å². The van der Waals surface area contributed by atoms with E-state index >= 15 is 0 Å². The molecule has 1 aliphatic heterocycles. The lowest BCUT2D eigenvalue weighted by Crippen LogP contribution is -2.48. The molecule has 0 bridgehead atoms. The van der Waals surface area contributed by atoms with Crippen LogP contribution >= 0.6 is 24.2 Å². The average Bonchev–Trinajstić information content (AvgIpc) is 3.47. The summed E-state index contributed by atoms with van der Waals surface area (Å²) < 4.78 is 0. The van der Waals surface area contributed by atoms with E-state index in [1.54, 1.807) is 11.8 Å². The number of hydrogen-bond acceptors (Lipinski definition) is 5. The van der Waals surface area contributed by atoms with Crippen molar-refractivity contribution in [1.29, 1.82) is 0 Å². The first-order chi connectivity index (χ1) is 12.8. The highest BCUT2D eigenvalue weighted by atomic mass is 35.5. The highest BCUT2D eigenvalue weighted by molar-refractivity contribution is 7.99. The molecule has 0 amide bonds. The maximum atomic E-state index is 4.45. The molecule has 0 N–H and O–H groups in total. The van der Waals surface area contributed by atoms with Crippen LogP contribution in [0.15, 0.2) is 47.9 Å². The van der Waals surface area contributed by atoms with Crippen molar-refractivity contribution in [3.63, 3.8) is 0 Å². The zero-order valence-corrected chi connectivity index (χ0v) is 17.6. The SMILES string of the molecule is CCSc1ncc(CN2CCN(CC3(c4ccccc4)CC3)CC2)cn1.Cl. The number of aromatic nitrogens is 2. The molecule has 146 valence electrons. The summed E-state index contributed by atoms with van der Waals surface area (Å²) in [5.74, 6) is 1.02. The van der Waals surface area contributed by atoms with Crippen molar-refractivity contribution >= 4 is 24.2 Å². The third-order valence-electron chi connectivity index (χ3n) is 5.59. The average molecular weight is 405 g/mol. The van der Waals surface area contributed by atoms with Gasteiger partial charge in [-0.1, -0.05) is 49.0 Å². The highest BCUT2D eigenvalue weighted by Crippen LogP contribution is 2.48. The number of halogens is 1. The molecule has 1 aliphatic carbocycles. The largest absolute Gasteiger partial charge is 0.300 e. The van der Waals surface area contributed by atoms with Crippen LogP contribution in [0, 0.1) is 0 Å². The van der Waals surface area contributed by atoms with Gasteiger partial charge in [0.15, 0.2) is 5.16 Å². The monoisotopic (exact) mass is 404 g/mol. The second-order valence-electron chi connectivity index (χ2n) is 7.51. The molecule has 1 aromatic heterocycles.